The van der Waals surface area contributed by atoms with Crippen LogP contribution in [0.3, 0.4) is 0 Å². The van der Waals surface area contributed by atoms with Crippen molar-refractivity contribution in [3.8, 4) is 0 Å². The number of nitrogens with zero attached hydrogens (tertiary/aromatic N) is 3. The monoisotopic (exact) mass is 267 g/mol. The van der Waals surface area contributed by atoms with Gasteiger partial charge in [-0.3, -0.25) is 4.68 Å². The standard InChI is InChI=1S/C17H21N3/c1-4-14(3)20-10-8-16(18-20)12-19-9-7-15-6-5-13(2)11-17(15)19/h5-11,14H,4,12H2,1-3H3. The van der Waals surface area contributed by atoms with Gasteiger partial charge in [-0.15, -0.1) is 0 Å². The molecule has 0 fully saturated rings. The van der Waals surface area contributed by atoms with Gasteiger partial charge in [-0.05, 0) is 49.4 Å². The summed E-state index contributed by atoms with van der Waals surface area (Å²) in [6, 6.07) is 11.3. The molecule has 0 N–H and O–H groups in total. The number of fused-ring (bicyclic) bond motifs is 1. The minimum Gasteiger partial charge on any atom is -0.341 e. The van der Waals surface area contributed by atoms with Crippen LogP contribution in [0.15, 0.2) is 42.7 Å². The van der Waals surface area contributed by atoms with Gasteiger partial charge in [0.05, 0.1) is 12.2 Å². The van der Waals surface area contributed by atoms with Crippen LogP contribution in [0.2, 0.25) is 0 Å². The van der Waals surface area contributed by atoms with Crippen LogP contribution in [0.1, 0.15) is 37.6 Å². The number of aromatic nitrogens is 3. The summed E-state index contributed by atoms with van der Waals surface area (Å²) in [5, 5.41) is 5.97. The molecule has 104 valence electrons. The highest BCUT2D eigenvalue weighted by Gasteiger charge is 2.07. The summed E-state index contributed by atoms with van der Waals surface area (Å²) in [7, 11) is 0. The second-order valence-electron chi connectivity index (χ2n) is 5.55. The molecule has 3 heteroatoms. The van der Waals surface area contributed by atoms with Crippen LogP contribution in [0.25, 0.3) is 10.9 Å². The second kappa shape index (κ2) is 5.16. The van der Waals surface area contributed by atoms with E-state index in [9.17, 15) is 0 Å². The summed E-state index contributed by atoms with van der Waals surface area (Å²) in [4.78, 5) is 0. The van der Waals surface area contributed by atoms with Crippen molar-refractivity contribution in [2.75, 3.05) is 0 Å². The lowest BCUT2D eigenvalue weighted by Gasteiger charge is -2.08. The molecule has 0 radical (unpaired) electrons. The Morgan fingerprint density at radius 3 is 2.80 bits per heavy atom. The number of hydrogen-bond acceptors (Lipinski definition) is 1. The van der Waals surface area contributed by atoms with E-state index in [0.29, 0.717) is 6.04 Å². The molecule has 1 aromatic carbocycles. The number of rotatable bonds is 4. The van der Waals surface area contributed by atoms with E-state index in [1.807, 2.05) is 0 Å². The Labute approximate surface area is 119 Å². The minimum atomic E-state index is 0.465. The summed E-state index contributed by atoms with van der Waals surface area (Å²) < 4.78 is 4.33. The van der Waals surface area contributed by atoms with Gasteiger partial charge in [0.1, 0.15) is 0 Å². The van der Waals surface area contributed by atoms with Gasteiger partial charge in [-0.2, -0.15) is 5.10 Å². The van der Waals surface area contributed by atoms with E-state index in [1.165, 1.54) is 16.5 Å². The molecule has 0 aliphatic rings. The molecule has 3 rings (SSSR count). The molecule has 0 aliphatic carbocycles. The fourth-order valence-electron chi connectivity index (χ4n) is 2.50. The molecule has 1 atom stereocenters. The minimum absolute atomic E-state index is 0.465. The average molecular weight is 267 g/mol. The Bertz CT molecular complexity index is 721. The summed E-state index contributed by atoms with van der Waals surface area (Å²) in [6.45, 7) is 7.35. The van der Waals surface area contributed by atoms with Crippen LogP contribution in [0.4, 0.5) is 0 Å². The first-order valence-electron chi connectivity index (χ1n) is 7.27. The Balaban J connectivity index is 1.89. The molecule has 0 bridgehead atoms. The fraction of sp³-hybridized carbons (Fsp3) is 0.353. The highest BCUT2D eigenvalue weighted by molar-refractivity contribution is 5.80. The van der Waals surface area contributed by atoms with Crippen molar-refractivity contribution in [1.29, 1.82) is 0 Å². The highest BCUT2D eigenvalue weighted by Crippen LogP contribution is 2.19. The summed E-state index contributed by atoms with van der Waals surface area (Å²) in [6.07, 6.45) is 5.33. The van der Waals surface area contributed by atoms with Gasteiger partial charge in [0.2, 0.25) is 0 Å². The van der Waals surface area contributed by atoms with E-state index in [1.54, 1.807) is 0 Å². The first kappa shape index (κ1) is 13.0. The van der Waals surface area contributed by atoms with E-state index >= 15 is 0 Å². The molecule has 0 saturated carbocycles. The maximum atomic E-state index is 4.68. The lowest BCUT2D eigenvalue weighted by molar-refractivity contribution is 0.472. The molecule has 3 nitrogen and oxygen atoms in total. The van der Waals surface area contributed by atoms with Gasteiger partial charge in [0.15, 0.2) is 0 Å². The lowest BCUT2D eigenvalue weighted by Crippen LogP contribution is -2.06. The van der Waals surface area contributed by atoms with Crippen LogP contribution in [-0.4, -0.2) is 14.3 Å². The Kier molecular flexibility index (Phi) is 3.35. The molecule has 0 amide bonds. The van der Waals surface area contributed by atoms with Crippen LogP contribution >= 0.6 is 0 Å². The van der Waals surface area contributed by atoms with Crippen molar-refractivity contribution >= 4 is 10.9 Å². The Hall–Kier alpha value is -2.03. The first-order valence-corrected chi connectivity index (χ1v) is 7.27. The van der Waals surface area contributed by atoms with E-state index in [2.05, 4.69) is 77.8 Å². The lowest BCUT2D eigenvalue weighted by atomic mass is 10.2. The molecule has 20 heavy (non-hydrogen) atoms. The topological polar surface area (TPSA) is 22.8 Å². The predicted octanol–water partition coefficient (Wildman–Crippen LogP) is 4.17. The zero-order chi connectivity index (χ0) is 14.1. The zero-order valence-electron chi connectivity index (χ0n) is 12.4. The van der Waals surface area contributed by atoms with Crippen LogP contribution in [0, 0.1) is 6.92 Å². The van der Waals surface area contributed by atoms with Gasteiger partial charge in [0.25, 0.3) is 0 Å². The van der Waals surface area contributed by atoms with Crippen molar-refractivity contribution in [2.45, 2.75) is 39.8 Å². The van der Waals surface area contributed by atoms with Crippen molar-refractivity contribution in [3.05, 3.63) is 54.0 Å². The molecule has 0 saturated heterocycles. The van der Waals surface area contributed by atoms with E-state index < -0.39 is 0 Å². The van der Waals surface area contributed by atoms with Gasteiger partial charge in [0, 0.05) is 24.0 Å². The fourth-order valence-corrected chi connectivity index (χ4v) is 2.50. The van der Waals surface area contributed by atoms with Gasteiger partial charge < -0.3 is 4.57 Å². The van der Waals surface area contributed by atoms with Crippen molar-refractivity contribution in [1.82, 2.24) is 14.3 Å². The maximum Gasteiger partial charge on any atom is 0.0821 e. The summed E-state index contributed by atoms with van der Waals surface area (Å²) >= 11 is 0. The van der Waals surface area contributed by atoms with Crippen molar-refractivity contribution in [2.24, 2.45) is 0 Å². The smallest absolute Gasteiger partial charge is 0.0821 e. The van der Waals surface area contributed by atoms with Crippen molar-refractivity contribution in [3.63, 3.8) is 0 Å². The normalized spacial score (nSPS) is 12.9. The molecule has 1 unspecified atom stereocenters. The third-order valence-electron chi connectivity index (χ3n) is 3.97. The predicted molar refractivity (Wildman–Crippen MR) is 83.0 cm³/mol. The molecule has 0 spiro atoms. The molecular weight excluding hydrogens is 246 g/mol. The van der Waals surface area contributed by atoms with Crippen LogP contribution < -0.4 is 0 Å². The highest BCUT2D eigenvalue weighted by atomic mass is 15.3. The second-order valence-corrected chi connectivity index (χ2v) is 5.55. The number of benzene rings is 1. The largest absolute Gasteiger partial charge is 0.341 e. The zero-order valence-corrected chi connectivity index (χ0v) is 12.4. The third kappa shape index (κ3) is 2.36. The van der Waals surface area contributed by atoms with E-state index in [0.717, 1.165) is 18.7 Å². The third-order valence-corrected chi connectivity index (χ3v) is 3.97. The van der Waals surface area contributed by atoms with Gasteiger partial charge >= 0.3 is 0 Å². The SMILES string of the molecule is CCC(C)n1ccc(Cn2ccc3ccc(C)cc32)n1. The Morgan fingerprint density at radius 1 is 1.15 bits per heavy atom. The number of hydrogen-bond donors (Lipinski definition) is 0. The Morgan fingerprint density at radius 2 is 2.00 bits per heavy atom. The number of aryl methyl sites for hydroxylation is 1. The molecule has 2 heterocycles. The van der Waals surface area contributed by atoms with E-state index in [4.69, 9.17) is 0 Å². The molecule has 2 aromatic heterocycles. The first-order chi connectivity index (χ1) is 9.67. The van der Waals surface area contributed by atoms with Crippen LogP contribution in [-0.2, 0) is 6.54 Å². The summed E-state index contributed by atoms with van der Waals surface area (Å²) in [5.41, 5.74) is 3.69. The molecule has 0 aliphatic heterocycles. The quantitative estimate of drug-likeness (QED) is 0.695. The average Bonchev–Trinajstić information content (AvgIpc) is 3.06. The molecule has 3 aromatic rings. The maximum absolute atomic E-state index is 4.68. The summed E-state index contributed by atoms with van der Waals surface area (Å²) in [5.74, 6) is 0. The molecular formula is C17H21N3. The van der Waals surface area contributed by atoms with E-state index in [-0.39, 0.29) is 0 Å². The van der Waals surface area contributed by atoms with Gasteiger partial charge in [-0.1, -0.05) is 19.1 Å². The van der Waals surface area contributed by atoms with Gasteiger partial charge in [-0.25, -0.2) is 0 Å². The van der Waals surface area contributed by atoms with Crippen LogP contribution in [0.5, 0.6) is 0 Å². The van der Waals surface area contributed by atoms with Crippen molar-refractivity contribution < 1.29 is 0 Å².